The Labute approximate surface area is 138 Å². The number of hydrogen-bond acceptors (Lipinski definition) is 4. The van der Waals surface area contributed by atoms with Gasteiger partial charge in [-0.25, -0.2) is 0 Å². The number of halogens is 1. The fourth-order valence-electron chi connectivity index (χ4n) is 2.24. The summed E-state index contributed by atoms with van der Waals surface area (Å²) < 4.78 is 0.755. The maximum atomic E-state index is 9.63. The minimum Gasteiger partial charge on any atom is -0.394 e. The Morgan fingerprint density at radius 2 is 1.95 bits per heavy atom. The van der Waals surface area contributed by atoms with Gasteiger partial charge in [0.2, 0.25) is 0 Å². The molecule has 2 aromatic heterocycles. The predicted octanol–water partition coefficient (Wildman–Crippen LogP) is 4.61. The number of nitrogens with zero attached hydrogens (tertiary/aromatic N) is 1. The zero-order chi connectivity index (χ0) is 15.4. The molecular weight excluding hydrogens is 316 g/mol. The molecule has 0 radical (unpaired) electrons. The molecule has 0 aliphatic heterocycles. The van der Waals surface area contributed by atoms with Gasteiger partial charge in [-0.05, 0) is 23.8 Å². The molecule has 0 saturated carbocycles. The Bertz CT molecular complexity index is 745. The first-order chi connectivity index (χ1) is 10.8. The van der Waals surface area contributed by atoms with Crippen molar-refractivity contribution in [3.05, 3.63) is 70.8 Å². The third-order valence-electron chi connectivity index (χ3n) is 3.32. The molecule has 0 unspecified atom stereocenters. The van der Waals surface area contributed by atoms with Crippen LogP contribution in [0, 0.1) is 0 Å². The lowest BCUT2D eigenvalue weighted by Gasteiger charge is -2.18. The quantitative estimate of drug-likeness (QED) is 0.718. The van der Waals surface area contributed by atoms with E-state index in [4.69, 9.17) is 11.6 Å². The smallest absolute Gasteiger partial charge is 0.0934 e. The predicted molar refractivity (Wildman–Crippen MR) is 92.5 cm³/mol. The van der Waals surface area contributed by atoms with Crippen LogP contribution >= 0.6 is 22.9 Å². The van der Waals surface area contributed by atoms with Gasteiger partial charge in [0.05, 0.1) is 22.7 Å². The molecule has 0 aliphatic carbocycles. The van der Waals surface area contributed by atoms with E-state index in [1.54, 1.807) is 6.20 Å². The third-order valence-corrected chi connectivity index (χ3v) is 4.60. The number of rotatable bonds is 5. The van der Waals surface area contributed by atoms with Gasteiger partial charge in [-0.1, -0.05) is 41.9 Å². The maximum Gasteiger partial charge on any atom is 0.0934 e. The second-order valence-electron chi connectivity index (χ2n) is 4.86. The highest BCUT2D eigenvalue weighted by atomic mass is 35.5. The van der Waals surface area contributed by atoms with Gasteiger partial charge in [0.1, 0.15) is 0 Å². The summed E-state index contributed by atoms with van der Waals surface area (Å²) in [5.41, 5.74) is 2.91. The Balaban J connectivity index is 1.83. The molecule has 0 bridgehead atoms. The van der Waals surface area contributed by atoms with E-state index in [9.17, 15) is 5.11 Å². The fraction of sp³-hybridized carbons (Fsp3) is 0.118. The zero-order valence-corrected chi connectivity index (χ0v) is 13.3. The van der Waals surface area contributed by atoms with Crippen LogP contribution in [0.25, 0.3) is 10.4 Å². The maximum absolute atomic E-state index is 9.63. The summed E-state index contributed by atoms with van der Waals surface area (Å²) in [6.07, 6.45) is 3.56. The van der Waals surface area contributed by atoms with Crippen molar-refractivity contribution in [2.45, 2.75) is 6.04 Å². The highest BCUT2D eigenvalue weighted by molar-refractivity contribution is 7.19. The topological polar surface area (TPSA) is 45.1 Å². The molecule has 112 valence electrons. The van der Waals surface area contributed by atoms with E-state index in [1.807, 2.05) is 54.7 Å². The minimum absolute atomic E-state index is 0.0130. The van der Waals surface area contributed by atoms with E-state index < -0.39 is 0 Å². The molecule has 1 atom stereocenters. The first kappa shape index (κ1) is 15.0. The van der Waals surface area contributed by atoms with Gasteiger partial charge < -0.3 is 10.4 Å². The van der Waals surface area contributed by atoms with Gasteiger partial charge in [0, 0.05) is 22.8 Å². The van der Waals surface area contributed by atoms with Crippen LogP contribution in [0.5, 0.6) is 0 Å². The first-order valence-corrected chi connectivity index (χ1v) is 8.09. The van der Waals surface area contributed by atoms with Crippen molar-refractivity contribution >= 4 is 28.6 Å². The standard InChI is InChI=1S/C17H15ClN2OS/c18-17-7-6-16(22-17)13-8-14(10-19-9-13)20-15(11-21)12-4-2-1-3-5-12/h1-10,15,20-21H,11H2/t15-/m0/s1. The number of aliphatic hydroxyl groups is 1. The van der Waals surface area contributed by atoms with E-state index >= 15 is 0 Å². The average molecular weight is 331 g/mol. The molecule has 3 aromatic rings. The number of thiophene rings is 1. The van der Waals surface area contributed by atoms with E-state index in [0.29, 0.717) is 0 Å². The Morgan fingerprint density at radius 3 is 2.64 bits per heavy atom. The number of aliphatic hydroxyl groups excluding tert-OH is 1. The van der Waals surface area contributed by atoms with Crippen LogP contribution < -0.4 is 5.32 Å². The first-order valence-electron chi connectivity index (χ1n) is 6.89. The summed E-state index contributed by atoms with van der Waals surface area (Å²) in [5.74, 6) is 0. The molecule has 0 spiro atoms. The Kier molecular flexibility index (Phi) is 4.73. The van der Waals surface area contributed by atoms with Crippen molar-refractivity contribution in [2.24, 2.45) is 0 Å². The van der Waals surface area contributed by atoms with Crippen molar-refractivity contribution in [3.63, 3.8) is 0 Å². The monoisotopic (exact) mass is 330 g/mol. The highest BCUT2D eigenvalue weighted by Crippen LogP contribution is 2.32. The number of nitrogens with one attached hydrogen (secondary N) is 1. The van der Waals surface area contributed by atoms with Gasteiger partial charge in [-0.2, -0.15) is 0 Å². The zero-order valence-electron chi connectivity index (χ0n) is 11.7. The summed E-state index contributed by atoms with van der Waals surface area (Å²) in [6.45, 7) is 0.0130. The molecule has 0 fully saturated rings. The lowest BCUT2D eigenvalue weighted by atomic mass is 10.1. The molecule has 2 N–H and O–H groups in total. The largest absolute Gasteiger partial charge is 0.394 e. The second-order valence-corrected chi connectivity index (χ2v) is 6.57. The highest BCUT2D eigenvalue weighted by Gasteiger charge is 2.11. The number of aromatic nitrogens is 1. The molecular formula is C17H15ClN2OS. The third kappa shape index (κ3) is 3.47. The number of pyridine rings is 1. The van der Waals surface area contributed by atoms with Crippen LogP contribution in [-0.2, 0) is 0 Å². The van der Waals surface area contributed by atoms with Gasteiger partial charge in [0.15, 0.2) is 0 Å². The van der Waals surface area contributed by atoms with Crippen molar-refractivity contribution in [1.29, 1.82) is 0 Å². The van der Waals surface area contributed by atoms with Crippen LogP contribution in [0.1, 0.15) is 11.6 Å². The molecule has 0 saturated heterocycles. The summed E-state index contributed by atoms with van der Waals surface area (Å²) >= 11 is 7.51. The summed E-state index contributed by atoms with van der Waals surface area (Å²) in [6, 6.07) is 15.6. The molecule has 0 amide bonds. The minimum atomic E-state index is -0.162. The Morgan fingerprint density at radius 1 is 1.14 bits per heavy atom. The Hall–Kier alpha value is -1.88. The van der Waals surface area contributed by atoms with Crippen LogP contribution in [0.3, 0.4) is 0 Å². The van der Waals surface area contributed by atoms with Crippen molar-refractivity contribution < 1.29 is 5.11 Å². The van der Waals surface area contributed by atoms with Gasteiger partial charge in [0.25, 0.3) is 0 Å². The molecule has 3 rings (SSSR count). The molecule has 22 heavy (non-hydrogen) atoms. The van der Waals surface area contributed by atoms with Gasteiger partial charge >= 0.3 is 0 Å². The molecule has 1 aromatic carbocycles. The van der Waals surface area contributed by atoms with Crippen molar-refractivity contribution in [1.82, 2.24) is 4.98 Å². The number of anilines is 1. The molecule has 2 heterocycles. The van der Waals surface area contributed by atoms with Crippen LogP contribution in [0.15, 0.2) is 60.9 Å². The van der Waals surface area contributed by atoms with E-state index in [2.05, 4.69) is 10.3 Å². The van der Waals surface area contributed by atoms with Gasteiger partial charge in [-0.15, -0.1) is 11.3 Å². The SMILES string of the molecule is OC[C@H](Nc1cncc(-c2ccc(Cl)s2)c1)c1ccccc1. The number of hydrogen-bond donors (Lipinski definition) is 2. The fourth-order valence-corrected chi connectivity index (χ4v) is 3.27. The van der Waals surface area contributed by atoms with Crippen molar-refractivity contribution in [2.75, 3.05) is 11.9 Å². The summed E-state index contributed by atoms with van der Waals surface area (Å²) in [7, 11) is 0. The van der Waals surface area contributed by atoms with Gasteiger partial charge in [-0.3, -0.25) is 4.98 Å². The number of benzene rings is 1. The average Bonchev–Trinajstić information content (AvgIpc) is 3.00. The van der Waals surface area contributed by atoms with Crippen LogP contribution in [0.2, 0.25) is 4.34 Å². The molecule has 0 aliphatic rings. The second kappa shape index (κ2) is 6.92. The van der Waals surface area contributed by atoms with E-state index in [1.165, 1.54) is 11.3 Å². The lowest BCUT2D eigenvalue weighted by Crippen LogP contribution is -2.14. The lowest BCUT2D eigenvalue weighted by molar-refractivity contribution is 0.276. The normalized spacial score (nSPS) is 12.1. The van der Waals surface area contributed by atoms with Crippen LogP contribution in [0.4, 0.5) is 5.69 Å². The molecule has 3 nitrogen and oxygen atoms in total. The summed E-state index contributed by atoms with van der Waals surface area (Å²) in [4.78, 5) is 5.34. The van der Waals surface area contributed by atoms with E-state index in [-0.39, 0.29) is 12.6 Å². The van der Waals surface area contributed by atoms with Crippen molar-refractivity contribution in [3.8, 4) is 10.4 Å². The molecule has 5 heteroatoms. The van der Waals surface area contributed by atoms with E-state index in [0.717, 1.165) is 26.0 Å². The van der Waals surface area contributed by atoms with Crippen LogP contribution in [-0.4, -0.2) is 16.7 Å². The summed E-state index contributed by atoms with van der Waals surface area (Å²) in [5, 5.41) is 13.0.